The predicted octanol–water partition coefficient (Wildman–Crippen LogP) is 4.44. The minimum absolute atomic E-state index is 0.658. The molecule has 1 saturated heterocycles. The summed E-state index contributed by atoms with van der Waals surface area (Å²) in [5.41, 5.74) is 1.42. The molecule has 0 bridgehead atoms. The minimum atomic E-state index is 0.658. The van der Waals surface area contributed by atoms with E-state index in [-0.39, 0.29) is 0 Å². The van der Waals surface area contributed by atoms with Crippen molar-refractivity contribution in [1.82, 2.24) is 10.2 Å². The van der Waals surface area contributed by atoms with Gasteiger partial charge in [0.05, 0.1) is 0 Å². The van der Waals surface area contributed by atoms with Crippen LogP contribution in [-0.4, -0.2) is 30.1 Å². The molecule has 21 heavy (non-hydrogen) atoms. The van der Waals surface area contributed by atoms with Gasteiger partial charge in [-0.2, -0.15) is 0 Å². The maximum atomic E-state index is 3.76. The minimum Gasteiger partial charge on any atom is -0.311 e. The monoisotopic (exact) mass is 352 g/mol. The van der Waals surface area contributed by atoms with Gasteiger partial charge >= 0.3 is 0 Å². The van der Waals surface area contributed by atoms with Crippen LogP contribution in [0.2, 0.25) is 0 Å². The van der Waals surface area contributed by atoms with Gasteiger partial charge in [0.1, 0.15) is 0 Å². The molecule has 1 aromatic carbocycles. The Bertz CT molecular complexity index is 418. The molecule has 0 aliphatic carbocycles. The quantitative estimate of drug-likeness (QED) is 0.814. The highest BCUT2D eigenvalue weighted by Gasteiger charge is 2.30. The molecular weight excluding hydrogens is 324 g/mol. The van der Waals surface area contributed by atoms with Crippen molar-refractivity contribution in [2.24, 2.45) is 5.92 Å². The molecule has 1 N–H and O–H groups in total. The highest BCUT2D eigenvalue weighted by atomic mass is 79.9. The fourth-order valence-electron chi connectivity index (χ4n) is 3.28. The molecule has 0 aromatic heterocycles. The van der Waals surface area contributed by atoms with E-state index in [2.05, 4.69) is 71.2 Å². The Hall–Kier alpha value is -0.380. The Kier molecular flexibility index (Phi) is 6.72. The standard InChI is InChI=1S/C18H29BrN2/c1-4-6-17-13-21(18(11-20-17)14(3)5-2)12-15-7-9-16(19)10-8-15/h7-10,14,17-18,20H,4-6,11-13H2,1-3H3. The molecule has 0 amide bonds. The third-order valence-electron chi connectivity index (χ3n) is 4.78. The highest BCUT2D eigenvalue weighted by molar-refractivity contribution is 9.10. The number of piperazine rings is 1. The lowest BCUT2D eigenvalue weighted by atomic mass is 9.93. The van der Waals surface area contributed by atoms with Gasteiger partial charge in [-0.1, -0.05) is 61.7 Å². The smallest absolute Gasteiger partial charge is 0.0250 e. The van der Waals surface area contributed by atoms with E-state index in [9.17, 15) is 0 Å². The topological polar surface area (TPSA) is 15.3 Å². The van der Waals surface area contributed by atoms with Crippen LogP contribution in [0.1, 0.15) is 45.6 Å². The van der Waals surface area contributed by atoms with Gasteiger partial charge in [-0.3, -0.25) is 4.90 Å². The van der Waals surface area contributed by atoms with E-state index >= 15 is 0 Å². The Labute approximate surface area is 138 Å². The van der Waals surface area contributed by atoms with E-state index in [1.807, 2.05) is 0 Å². The Morgan fingerprint density at radius 1 is 1.29 bits per heavy atom. The number of nitrogens with one attached hydrogen (secondary N) is 1. The van der Waals surface area contributed by atoms with Gasteiger partial charge in [0.2, 0.25) is 0 Å². The number of benzene rings is 1. The van der Waals surface area contributed by atoms with Gasteiger partial charge in [0.15, 0.2) is 0 Å². The SMILES string of the molecule is CCCC1CN(Cc2ccc(Br)cc2)C(C(C)CC)CN1. The third kappa shape index (κ3) is 4.80. The zero-order valence-electron chi connectivity index (χ0n) is 13.6. The summed E-state index contributed by atoms with van der Waals surface area (Å²) in [6, 6.07) is 10.1. The largest absolute Gasteiger partial charge is 0.311 e. The lowest BCUT2D eigenvalue weighted by molar-refractivity contribution is 0.0818. The maximum absolute atomic E-state index is 3.76. The Morgan fingerprint density at radius 2 is 2.00 bits per heavy atom. The van der Waals surface area contributed by atoms with Crippen LogP contribution in [0.3, 0.4) is 0 Å². The fourth-order valence-corrected chi connectivity index (χ4v) is 3.54. The first-order chi connectivity index (χ1) is 10.1. The Morgan fingerprint density at radius 3 is 2.62 bits per heavy atom. The second-order valence-corrected chi connectivity index (χ2v) is 7.32. The van der Waals surface area contributed by atoms with Gasteiger partial charge in [0, 0.05) is 36.2 Å². The van der Waals surface area contributed by atoms with Crippen LogP contribution in [0.5, 0.6) is 0 Å². The van der Waals surface area contributed by atoms with E-state index in [4.69, 9.17) is 0 Å². The molecule has 2 nitrogen and oxygen atoms in total. The molecule has 0 spiro atoms. The second-order valence-electron chi connectivity index (χ2n) is 6.40. The molecule has 3 atom stereocenters. The van der Waals surface area contributed by atoms with Gasteiger partial charge in [-0.25, -0.2) is 0 Å². The van der Waals surface area contributed by atoms with E-state index in [0.29, 0.717) is 12.1 Å². The number of nitrogens with zero attached hydrogens (tertiary/aromatic N) is 1. The van der Waals surface area contributed by atoms with Gasteiger partial charge in [-0.15, -0.1) is 0 Å². The van der Waals surface area contributed by atoms with E-state index in [1.165, 1.54) is 31.4 Å². The van der Waals surface area contributed by atoms with Crippen molar-refractivity contribution < 1.29 is 0 Å². The summed E-state index contributed by atoms with van der Waals surface area (Å²) >= 11 is 3.52. The molecule has 1 aromatic rings. The van der Waals surface area contributed by atoms with Crippen molar-refractivity contribution in [3.63, 3.8) is 0 Å². The van der Waals surface area contributed by atoms with Crippen LogP contribution in [0, 0.1) is 5.92 Å². The molecule has 2 rings (SSSR count). The van der Waals surface area contributed by atoms with Crippen LogP contribution in [0.15, 0.2) is 28.7 Å². The molecule has 1 fully saturated rings. The van der Waals surface area contributed by atoms with Crippen molar-refractivity contribution >= 4 is 15.9 Å². The molecule has 3 heteroatoms. The van der Waals surface area contributed by atoms with Crippen LogP contribution < -0.4 is 5.32 Å². The molecule has 1 aliphatic heterocycles. The van der Waals surface area contributed by atoms with Crippen LogP contribution in [0.25, 0.3) is 0 Å². The number of hydrogen-bond acceptors (Lipinski definition) is 2. The van der Waals surface area contributed by atoms with Gasteiger partial charge in [-0.05, 0) is 30.0 Å². The molecule has 0 saturated carbocycles. The number of rotatable bonds is 6. The van der Waals surface area contributed by atoms with E-state index < -0.39 is 0 Å². The summed E-state index contributed by atoms with van der Waals surface area (Å²) in [6.45, 7) is 10.4. The fraction of sp³-hybridized carbons (Fsp3) is 0.667. The molecule has 1 aliphatic rings. The van der Waals surface area contributed by atoms with Crippen LogP contribution in [0.4, 0.5) is 0 Å². The number of halogens is 1. The summed E-state index contributed by atoms with van der Waals surface area (Å²) < 4.78 is 1.16. The first kappa shape index (κ1) is 17.0. The highest BCUT2D eigenvalue weighted by Crippen LogP contribution is 2.22. The van der Waals surface area contributed by atoms with Crippen molar-refractivity contribution in [3.05, 3.63) is 34.3 Å². The van der Waals surface area contributed by atoms with Crippen molar-refractivity contribution in [1.29, 1.82) is 0 Å². The van der Waals surface area contributed by atoms with Crippen molar-refractivity contribution in [3.8, 4) is 0 Å². The number of hydrogen-bond donors (Lipinski definition) is 1. The molecule has 118 valence electrons. The normalized spacial score (nSPS) is 25.0. The summed E-state index contributed by atoms with van der Waals surface area (Å²) in [5.74, 6) is 0.746. The zero-order valence-corrected chi connectivity index (χ0v) is 15.2. The van der Waals surface area contributed by atoms with Gasteiger partial charge in [0.25, 0.3) is 0 Å². The average Bonchev–Trinajstić information content (AvgIpc) is 2.49. The summed E-state index contributed by atoms with van der Waals surface area (Å²) in [4.78, 5) is 2.70. The van der Waals surface area contributed by atoms with Crippen LogP contribution in [-0.2, 0) is 6.54 Å². The molecule has 1 heterocycles. The zero-order chi connectivity index (χ0) is 15.2. The predicted molar refractivity (Wildman–Crippen MR) is 94.5 cm³/mol. The molecular formula is C18H29BrN2. The third-order valence-corrected chi connectivity index (χ3v) is 5.31. The van der Waals surface area contributed by atoms with Crippen LogP contribution >= 0.6 is 15.9 Å². The average molecular weight is 353 g/mol. The lowest BCUT2D eigenvalue weighted by Gasteiger charge is -2.43. The van der Waals surface area contributed by atoms with Crippen molar-refractivity contribution in [2.75, 3.05) is 13.1 Å². The second kappa shape index (κ2) is 8.30. The first-order valence-electron chi connectivity index (χ1n) is 8.35. The maximum Gasteiger partial charge on any atom is 0.0250 e. The molecule has 0 radical (unpaired) electrons. The van der Waals surface area contributed by atoms with E-state index in [1.54, 1.807) is 0 Å². The summed E-state index contributed by atoms with van der Waals surface area (Å²) in [6.07, 6.45) is 3.80. The Balaban J connectivity index is 2.06. The van der Waals surface area contributed by atoms with Crippen molar-refractivity contribution in [2.45, 2.75) is 58.7 Å². The summed E-state index contributed by atoms with van der Waals surface area (Å²) in [5, 5.41) is 3.76. The molecule has 3 unspecified atom stereocenters. The lowest BCUT2D eigenvalue weighted by Crippen LogP contribution is -2.58. The first-order valence-corrected chi connectivity index (χ1v) is 9.15. The summed E-state index contributed by atoms with van der Waals surface area (Å²) in [7, 11) is 0. The van der Waals surface area contributed by atoms with Gasteiger partial charge < -0.3 is 5.32 Å². The van der Waals surface area contributed by atoms with E-state index in [0.717, 1.165) is 23.5 Å².